The lowest BCUT2D eigenvalue weighted by Gasteiger charge is -2.06. The quantitative estimate of drug-likeness (QED) is 0.791. The van der Waals surface area contributed by atoms with E-state index in [0.717, 1.165) is 11.1 Å². The topological polar surface area (TPSA) is 80.9 Å². The van der Waals surface area contributed by atoms with Crippen molar-refractivity contribution in [2.45, 2.75) is 6.54 Å². The molecule has 0 radical (unpaired) electrons. The van der Waals surface area contributed by atoms with Gasteiger partial charge in [-0.3, -0.25) is 9.78 Å². The van der Waals surface area contributed by atoms with Crippen LogP contribution < -0.4 is 0 Å². The Balaban J connectivity index is 2.18. The van der Waals surface area contributed by atoms with Crippen molar-refractivity contribution in [3.05, 3.63) is 54.9 Å². The summed E-state index contributed by atoms with van der Waals surface area (Å²) in [5.41, 5.74) is 3.05. The molecular formula is C15H12N4O2. The molecule has 0 saturated heterocycles. The normalized spacial score (nSPS) is 10.5. The summed E-state index contributed by atoms with van der Waals surface area (Å²) in [5.74, 6) is -0.960. The fourth-order valence-electron chi connectivity index (χ4n) is 2.14. The second kappa shape index (κ2) is 5.54. The number of hydrogen-bond donors (Lipinski definition) is 1. The van der Waals surface area contributed by atoms with Crippen LogP contribution in [0.15, 0.2) is 54.9 Å². The molecule has 21 heavy (non-hydrogen) atoms. The van der Waals surface area contributed by atoms with E-state index in [9.17, 15) is 4.79 Å². The SMILES string of the molecule is O=C(O)Cn1nnc(-c2ccncc2)c1-c1ccccc1. The molecule has 0 spiro atoms. The van der Waals surface area contributed by atoms with Gasteiger partial charge in [-0.25, -0.2) is 4.68 Å². The molecule has 3 aromatic rings. The van der Waals surface area contributed by atoms with Crippen molar-refractivity contribution in [2.24, 2.45) is 0 Å². The molecule has 0 atom stereocenters. The van der Waals surface area contributed by atoms with Gasteiger partial charge in [-0.1, -0.05) is 35.5 Å². The van der Waals surface area contributed by atoms with Crippen LogP contribution in [0.1, 0.15) is 0 Å². The Hall–Kier alpha value is -3.02. The molecule has 1 N–H and O–H groups in total. The van der Waals surface area contributed by atoms with Crippen LogP contribution in [0.3, 0.4) is 0 Å². The van der Waals surface area contributed by atoms with Gasteiger partial charge in [0.05, 0.1) is 5.69 Å². The van der Waals surface area contributed by atoms with Crippen LogP contribution in [-0.4, -0.2) is 31.1 Å². The third-order valence-corrected chi connectivity index (χ3v) is 3.02. The molecule has 0 aliphatic rings. The van der Waals surface area contributed by atoms with E-state index >= 15 is 0 Å². The van der Waals surface area contributed by atoms with Gasteiger partial charge in [-0.05, 0) is 12.1 Å². The minimum Gasteiger partial charge on any atom is -0.480 e. The lowest BCUT2D eigenvalue weighted by atomic mass is 10.1. The number of aliphatic carboxylic acids is 1. The summed E-state index contributed by atoms with van der Waals surface area (Å²) in [7, 11) is 0. The molecule has 0 saturated carbocycles. The van der Waals surface area contributed by atoms with Gasteiger partial charge in [0.2, 0.25) is 0 Å². The third kappa shape index (κ3) is 2.64. The van der Waals surface area contributed by atoms with Gasteiger partial charge in [0.1, 0.15) is 12.2 Å². The number of carboxylic acid groups (broad SMARTS) is 1. The summed E-state index contributed by atoms with van der Waals surface area (Å²) in [6.45, 7) is -0.234. The largest absolute Gasteiger partial charge is 0.480 e. The van der Waals surface area contributed by atoms with Crippen molar-refractivity contribution < 1.29 is 9.90 Å². The number of rotatable bonds is 4. The predicted molar refractivity (Wildman–Crippen MR) is 76.3 cm³/mol. The summed E-state index contributed by atoms with van der Waals surface area (Å²) in [6, 6.07) is 13.1. The van der Waals surface area contributed by atoms with E-state index in [1.54, 1.807) is 12.4 Å². The zero-order chi connectivity index (χ0) is 14.7. The third-order valence-electron chi connectivity index (χ3n) is 3.02. The first-order valence-electron chi connectivity index (χ1n) is 6.37. The number of carbonyl (C=O) groups is 1. The molecule has 2 aromatic heterocycles. The van der Waals surface area contributed by atoms with Gasteiger partial charge in [-0.2, -0.15) is 0 Å². The minimum atomic E-state index is -0.960. The number of benzene rings is 1. The van der Waals surface area contributed by atoms with Crippen LogP contribution in [0.2, 0.25) is 0 Å². The molecule has 0 amide bonds. The average Bonchev–Trinajstić information content (AvgIpc) is 2.92. The van der Waals surface area contributed by atoms with Crippen molar-refractivity contribution in [3.8, 4) is 22.5 Å². The molecular weight excluding hydrogens is 268 g/mol. The Morgan fingerprint density at radius 2 is 1.76 bits per heavy atom. The van der Waals surface area contributed by atoms with Crippen LogP contribution in [0.4, 0.5) is 0 Å². The van der Waals surface area contributed by atoms with E-state index in [-0.39, 0.29) is 6.54 Å². The first kappa shape index (κ1) is 13.0. The molecule has 0 aliphatic heterocycles. The Morgan fingerprint density at radius 1 is 1.05 bits per heavy atom. The molecule has 0 aliphatic carbocycles. The highest BCUT2D eigenvalue weighted by Gasteiger charge is 2.17. The fraction of sp³-hybridized carbons (Fsp3) is 0.0667. The number of aromatic nitrogens is 4. The van der Waals surface area contributed by atoms with Crippen molar-refractivity contribution in [2.75, 3.05) is 0 Å². The summed E-state index contributed by atoms with van der Waals surface area (Å²) < 4.78 is 1.40. The Bertz CT molecular complexity index is 754. The van der Waals surface area contributed by atoms with Crippen molar-refractivity contribution >= 4 is 5.97 Å². The second-order valence-corrected chi connectivity index (χ2v) is 4.44. The van der Waals surface area contributed by atoms with Crippen molar-refractivity contribution in [1.82, 2.24) is 20.0 Å². The number of carboxylic acids is 1. The Labute approximate surface area is 120 Å². The molecule has 6 heteroatoms. The van der Waals surface area contributed by atoms with Crippen molar-refractivity contribution in [3.63, 3.8) is 0 Å². The van der Waals surface area contributed by atoms with Gasteiger partial charge in [0, 0.05) is 23.5 Å². The van der Waals surface area contributed by atoms with E-state index in [1.165, 1.54) is 4.68 Å². The zero-order valence-corrected chi connectivity index (χ0v) is 11.0. The van der Waals surface area contributed by atoms with Gasteiger partial charge >= 0.3 is 5.97 Å². The van der Waals surface area contributed by atoms with Gasteiger partial charge < -0.3 is 5.11 Å². The second-order valence-electron chi connectivity index (χ2n) is 4.44. The van der Waals surface area contributed by atoms with E-state index in [4.69, 9.17) is 5.11 Å². The smallest absolute Gasteiger partial charge is 0.325 e. The molecule has 104 valence electrons. The van der Waals surface area contributed by atoms with Crippen LogP contribution in [0.25, 0.3) is 22.5 Å². The molecule has 6 nitrogen and oxygen atoms in total. The average molecular weight is 280 g/mol. The Morgan fingerprint density at radius 3 is 2.43 bits per heavy atom. The molecule has 0 fully saturated rings. The highest BCUT2D eigenvalue weighted by molar-refractivity contribution is 5.79. The van der Waals surface area contributed by atoms with E-state index in [2.05, 4.69) is 15.3 Å². The zero-order valence-electron chi connectivity index (χ0n) is 11.0. The lowest BCUT2D eigenvalue weighted by molar-refractivity contribution is -0.137. The molecule has 0 unspecified atom stereocenters. The summed E-state index contributed by atoms with van der Waals surface area (Å²) in [5, 5.41) is 17.1. The standard InChI is InChI=1S/C15H12N4O2/c20-13(21)10-19-15(12-4-2-1-3-5-12)14(17-18-19)11-6-8-16-9-7-11/h1-9H,10H2,(H,20,21). The summed E-state index contributed by atoms with van der Waals surface area (Å²) >= 11 is 0. The molecule has 2 heterocycles. The molecule has 1 aromatic carbocycles. The van der Waals surface area contributed by atoms with Gasteiger partial charge in [-0.15, -0.1) is 5.10 Å². The molecule has 0 bridgehead atoms. The number of pyridine rings is 1. The summed E-state index contributed by atoms with van der Waals surface area (Å²) in [4.78, 5) is 15.0. The maximum absolute atomic E-state index is 11.0. The highest BCUT2D eigenvalue weighted by Crippen LogP contribution is 2.29. The van der Waals surface area contributed by atoms with Crippen LogP contribution >= 0.6 is 0 Å². The van der Waals surface area contributed by atoms with Crippen LogP contribution in [0, 0.1) is 0 Å². The number of nitrogens with zero attached hydrogens (tertiary/aromatic N) is 4. The Kier molecular flexibility index (Phi) is 3.42. The maximum Gasteiger partial charge on any atom is 0.325 e. The molecule has 3 rings (SSSR count). The first-order chi connectivity index (χ1) is 10.3. The van der Waals surface area contributed by atoms with Gasteiger partial charge in [0.15, 0.2) is 0 Å². The predicted octanol–water partition coefficient (Wildman–Crippen LogP) is 2.09. The van der Waals surface area contributed by atoms with Gasteiger partial charge in [0.25, 0.3) is 0 Å². The lowest BCUT2D eigenvalue weighted by Crippen LogP contribution is -2.11. The first-order valence-corrected chi connectivity index (χ1v) is 6.37. The van der Waals surface area contributed by atoms with E-state index in [1.807, 2.05) is 42.5 Å². The summed E-state index contributed by atoms with van der Waals surface area (Å²) in [6.07, 6.45) is 3.33. The van der Waals surface area contributed by atoms with Crippen LogP contribution in [-0.2, 0) is 11.3 Å². The van der Waals surface area contributed by atoms with Crippen molar-refractivity contribution in [1.29, 1.82) is 0 Å². The van der Waals surface area contributed by atoms with Crippen LogP contribution in [0.5, 0.6) is 0 Å². The maximum atomic E-state index is 11.0. The number of hydrogen-bond acceptors (Lipinski definition) is 4. The van der Waals surface area contributed by atoms with E-state index < -0.39 is 5.97 Å². The highest BCUT2D eigenvalue weighted by atomic mass is 16.4. The minimum absolute atomic E-state index is 0.234. The fourth-order valence-corrected chi connectivity index (χ4v) is 2.14. The van der Waals surface area contributed by atoms with E-state index in [0.29, 0.717) is 11.4 Å². The monoisotopic (exact) mass is 280 g/mol.